The first-order valence-electron chi connectivity index (χ1n) is 5.12. The van der Waals surface area contributed by atoms with E-state index in [4.69, 9.17) is 11.5 Å². The van der Waals surface area contributed by atoms with Gasteiger partial charge in [0.15, 0.2) is 0 Å². The second kappa shape index (κ2) is 9.96. The Balaban J connectivity index is 0. The van der Waals surface area contributed by atoms with Crippen molar-refractivity contribution < 1.29 is 0 Å². The Hall–Kier alpha value is -0.120. The minimum Gasteiger partial charge on any atom is -0.344 e. The molecule has 0 saturated carbocycles. The number of hydrogen-bond donors (Lipinski definition) is 3. The lowest BCUT2D eigenvalue weighted by Gasteiger charge is -2.18. The number of rotatable bonds is 7. The van der Waals surface area contributed by atoms with Crippen LogP contribution in [0.25, 0.3) is 0 Å². The van der Waals surface area contributed by atoms with Crippen molar-refractivity contribution in [3.63, 3.8) is 0 Å². The van der Waals surface area contributed by atoms with Gasteiger partial charge in [-0.1, -0.05) is 13.8 Å². The van der Waals surface area contributed by atoms with Gasteiger partial charge >= 0.3 is 0 Å². The Morgan fingerprint density at radius 1 is 0.846 bits per heavy atom. The summed E-state index contributed by atoms with van der Waals surface area (Å²) < 4.78 is 0. The molecule has 7 N–H and O–H groups in total. The molecular weight excluding hydrogens is 162 g/mol. The van der Waals surface area contributed by atoms with Gasteiger partial charge in [-0.25, -0.2) is 0 Å². The quantitative estimate of drug-likeness (QED) is 0.571. The molecule has 0 spiro atoms. The van der Waals surface area contributed by atoms with E-state index in [1.165, 1.54) is 12.8 Å². The van der Waals surface area contributed by atoms with E-state index < -0.39 is 0 Å². The largest absolute Gasteiger partial charge is 0.344 e. The summed E-state index contributed by atoms with van der Waals surface area (Å²) in [4.78, 5) is 0. The van der Waals surface area contributed by atoms with Gasteiger partial charge in [-0.15, -0.1) is 0 Å². The molecule has 0 heterocycles. The van der Waals surface area contributed by atoms with E-state index >= 15 is 0 Å². The van der Waals surface area contributed by atoms with Crippen LogP contribution in [0, 0.1) is 11.8 Å². The van der Waals surface area contributed by atoms with Crippen LogP contribution in [0.3, 0.4) is 0 Å². The molecule has 0 bridgehead atoms. The van der Waals surface area contributed by atoms with Gasteiger partial charge in [0.2, 0.25) is 0 Å². The molecule has 2 atom stereocenters. The third-order valence-electron chi connectivity index (χ3n) is 2.70. The summed E-state index contributed by atoms with van der Waals surface area (Å²) in [5.74, 6) is 1.61. The van der Waals surface area contributed by atoms with Crippen LogP contribution in [0.1, 0.15) is 39.5 Å². The lowest BCUT2D eigenvalue weighted by molar-refractivity contribution is 0.334. The zero-order chi connectivity index (χ0) is 9.40. The van der Waals surface area contributed by atoms with Crippen molar-refractivity contribution >= 4 is 0 Å². The van der Waals surface area contributed by atoms with E-state index in [0.29, 0.717) is 0 Å². The van der Waals surface area contributed by atoms with Crippen molar-refractivity contribution in [2.75, 3.05) is 13.1 Å². The average molecular weight is 189 g/mol. The maximum Gasteiger partial charge on any atom is -0.00772 e. The van der Waals surface area contributed by atoms with E-state index in [2.05, 4.69) is 13.8 Å². The smallest absolute Gasteiger partial charge is 0.00772 e. The van der Waals surface area contributed by atoms with Crippen molar-refractivity contribution in [2.24, 2.45) is 23.3 Å². The fraction of sp³-hybridized carbons (Fsp3) is 1.00. The van der Waals surface area contributed by atoms with Crippen LogP contribution in [-0.2, 0) is 0 Å². The van der Waals surface area contributed by atoms with Gasteiger partial charge in [0, 0.05) is 0 Å². The Morgan fingerprint density at radius 3 is 1.38 bits per heavy atom. The first-order chi connectivity index (χ1) is 5.72. The molecule has 0 rings (SSSR count). The van der Waals surface area contributed by atoms with E-state index in [9.17, 15) is 0 Å². The molecule has 0 aromatic heterocycles. The van der Waals surface area contributed by atoms with Crippen LogP contribution in [0.2, 0.25) is 0 Å². The Labute approximate surface area is 82.8 Å². The van der Waals surface area contributed by atoms with Crippen molar-refractivity contribution in [2.45, 2.75) is 39.5 Å². The lowest BCUT2D eigenvalue weighted by Crippen LogP contribution is -2.12. The molecule has 3 nitrogen and oxygen atoms in total. The van der Waals surface area contributed by atoms with E-state index in [1.54, 1.807) is 0 Å². The van der Waals surface area contributed by atoms with Crippen molar-refractivity contribution in [1.29, 1.82) is 0 Å². The molecule has 0 saturated heterocycles. The van der Waals surface area contributed by atoms with Gasteiger partial charge in [-0.05, 0) is 50.6 Å². The summed E-state index contributed by atoms with van der Waals surface area (Å²) in [6.07, 6.45) is 4.85. The maximum absolute atomic E-state index is 5.46. The molecule has 0 radical (unpaired) electrons. The number of nitrogens with two attached hydrogens (primary N) is 2. The van der Waals surface area contributed by atoms with Crippen LogP contribution in [-0.4, -0.2) is 13.1 Å². The van der Waals surface area contributed by atoms with Gasteiger partial charge < -0.3 is 17.6 Å². The third-order valence-corrected chi connectivity index (χ3v) is 2.70. The van der Waals surface area contributed by atoms with Crippen molar-refractivity contribution in [3.05, 3.63) is 0 Å². The van der Waals surface area contributed by atoms with Crippen LogP contribution < -0.4 is 17.6 Å². The standard InChI is InChI=1S/C10H24N2.H3N/c1-9(5-3-7-11)10(2)6-4-8-12;/h9-10H,3-8,11-12H2,1-2H3;1H3. The van der Waals surface area contributed by atoms with Crippen LogP contribution in [0.5, 0.6) is 0 Å². The summed E-state index contributed by atoms with van der Waals surface area (Å²) in [7, 11) is 0. The molecule has 0 aliphatic carbocycles. The molecule has 0 aliphatic rings. The first-order valence-corrected chi connectivity index (χ1v) is 5.12. The average Bonchev–Trinajstić information content (AvgIpc) is 2.10. The highest BCUT2D eigenvalue weighted by molar-refractivity contribution is 4.62. The Kier molecular flexibility index (Phi) is 11.8. The first kappa shape index (κ1) is 15.4. The SMILES string of the molecule is CC(CCCN)C(C)CCCN.N. The molecule has 0 amide bonds. The van der Waals surface area contributed by atoms with E-state index in [0.717, 1.165) is 37.8 Å². The van der Waals surface area contributed by atoms with Crippen LogP contribution in [0.4, 0.5) is 0 Å². The predicted octanol–water partition coefficient (Wildman–Crippen LogP) is 1.90. The van der Waals surface area contributed by atoms with Crippen molar-refractivity contribution in [3.8, 4) is 0 Å². The Bertz CT molecular complexity index is 84.2. The highest BCUT2D eigenvalue weighted by Crippen LogP contribution is 2.20. The summed E-state index contributed by atoms with van der Waals surface area (Å²) in [5.41, 5.74) is 10.9. The zero-order valence-electron chi connectivity index (χ0n) is 9.26. The van der Waals surface area contributed by atoms with Gasteiger partial charge in [-0.3, -0.25) is 0 Å². The fourth-order valence-electron chi connectivity index (χ4n) is 1.45. The molecule has 0 fully saturated rings. The topological polar surface area (TPSA) is 87.0 Å². The molecule has 0 aliphatic heterocycles. The molecule has 3 heteroatoms. The normalized spacial score (nSPS) is 14.8. The third kappa shape index (κ3) is 8.22. The van der Waals surface area contributed by atoms with Crippen molar-refractivity contribution in [1.82, 2.24) is 6.15 Å². The second-order valence-electron chi connectivity index (χ2n) is 3.82. The van der Waals surface area contributed by atoms with E-state index in [-0.39, 0.29) is 6.15 Å². The minimum atomic E-state index is 0. The molecule has 2 unspecified atom stereocenters. The van der Waals surface area contributed by atoms with Gasteiger partial charge in [0.05, 0.1) is 0 Å². The molecule has 13 heavy (non-hydrogen) atoms. The van der Waals surface area contributed by atoms with Crippen LogP contribution >= 0.6 is 0 Å². The van der Waals surface area contributed by atoms with Gasteiger partial charge in [0.25, 0.3) is 0 Å². The summed E-state index contributed by atoms with van der Waals surface area (Å²) >= 11 is 0. The monoisotopic (exact) mass is 189 g/mol. The molecular formula is C10H27N3. The summed E-state index contributed by atoms with van der Waals surface area (Å²) in [6.45, 7) is 6.29. The molecule has 0 aromatic rings. The van der Waals surface area contributed by atoms with Gasteiger partial charge in [0.1, 0.15) is 0 Å². The van der Waals surface area contributed by atoms with E-state index in [1.807, 2.05) is 0 Å². The highest BCUT2D eigenvalue weighted by atomic mass is 14.5. The number of hydrogen-bond acceptors (Lipinski definition) is 3. The fourth-order valence-corrected chi connectivity index (χ4v) is 1.45. The summed E-state index contributed by atoms with van der Waals surface area (Å²) in [6, 6.07) is 0. The predicted molar refractivity (Wildman–Crippen MR) is 59.9 cm³/mol. The summed E-state index contributed by atoms with van der Waals surface area (Å²) in [5, 5.41) is 0. The highest BCUT2D eigenvalue weighted by Gasteiger charge is 2.10. The Morgan fingerprint density at radius 2 is 1.15 bits per heavy atom. The lowest BCUT2D eigenvalue weighted by atomic mass is 9.88. The maximum atomic E-state index is 5.46. The van der Waals surface area contributed by atoms with Crippen LogP contribution in [0.15, 0.2) is 0 Å². The molecule has 0 aromatic carbocycles. The molecule has 82 valence electrons. The minimum absolute atomic E-state index is 0. The van der Waals surface area contributed by atoms with Gasteiger partial charge in [-0.2, -0.15) is 0 Å². The second-order valence-corrected chi connectivity index (χ2v) is 3.82. The zero-order valence-corrected chi connectivity index (χ0v) is 9.26.